The van der Waals surface area contributed by atoms with E-state index in [1.807, 2.05) is 6.92 Å². The van der Waals surface area contributed by atoms with E-state index < -0.39 is 12.0 Å². The second-order valence-electron chi connectivity index (χ2n) is 3.20. The molecule has 0 fully saturated rings. The van der Waals surface area contributed by atoms with Gasteiger partial charge in [-0.05, 0) is 24.6 Å². The van der Waals surface area contributed by atoms with Gasteiger partial charge in [0, 0.05) is 17.3 Å². The van der Waals surface area contributed by atoms with Crippen LogP contribution >= 0.6 is 11.6 Å². The zero-order chi connectivity index (χ0) is 11.4. The summed E-state index contributed by atoms with van der Waals surface area (Å²) < 4.78 is 0. The Bertz CT molecular complexity index is 368. The first-order valence-electron chi connectivity index (χ1n) is 4.49. The fourth-order valence-electron chi connectivity index (χ4n) is 1.05. The molecule has 1 rings (SSSR count). The lowest BCUT2D eigenvalue weighted by Crippen LogP contribution is -2.34. The molecule has 0 aromatic heterocycles. The number of aliphatic hydroxyl groups is 1. The number of anilines is 1. The first-order chi connectivity index (χ1) is 7.04. The molecular formula is C10H13ClN2O2. The number of nitrogens with two attached hydrogens (primary N) is 1. The van der Waals surface area contributed by atoms with Crippen LogP contribution in [0.3, 0.4) is 0 Å². The van der Waals surface area contributed by atoms with Crippen LogP contribution in [0.25, 0.3) is 0 Å². The van der Waals surface area contributed by atoms with E-state index in [1.165, 1.54) is 0 Å². The predicted octanol–water partition coefficient (Wildman–Crippen LogP) is 0.907. The second kappa shape index (κ2) is 5.11. The van der Waals surface area contributed by atoms with E-state index in [2.05, 4.69) is 5.32 Å². The molecule has 0 radical (unpaired) electrons. The second-order valence-corrected chi connectivity index (χ2v) is 3.64. The molecule has 4 nitrogen and oxygen atoms in total. The van der Waals surface area contributed by atoms with E-state index >= 15 is 0 Å². The molecule has 1 aromatic rings. The summed E-state index contributed by atoms with van der Waals surface area (Å²) in [6, 6.07) is 5.14. The zero-order valence-corrected chi connectivity index (χ0v) is 9.08. The summed E-state index contributed by atoms with van der Waals surface area (Å²) in [5.41, 5.74) is 6.61. The van der Waals surface area contributed by atoms with Crippen LogP contribution in [0.4, 0.5) is 5.69 Å². The minimum Gasteiger partial charge on any atom is -0.382 e. The van der Waals surface area contributed by atoms with Gasteiger partial charge in [0.25, 0.3) is 5.91 Å². The van der Waals surface area contributed by atoms with Crippen molar-refractivity contribution in [1.82, 2.24) is 0 Å². The quantitative estimate of drug-likeness (QED) is 0.720. The van der Waals surface area contributed by atoms with E-state index in [-0.39, 0.29) is 6.54 Å². The zero-order valence-electron chi connectivity index (χ0n) is 8.33. The summed E-state index contributed by atoms with van der Waals surface area (Å²) in [5, 5.41) is 12.3. The summed E-state index contributed by atoms with van der Waals surface area (Å²) in [6.45, 7) is 1.73. The summed E-state index contributed by atoms with van der Waals surface area (Å²) in [4.78, 5) is 11.3. The molecule has 1 amide bonds. The van der Waals surface area contributed by atoms with Crippen LogP contribution in [0, 0.1) is 6.92 Å². The van der Waals surface area contributed by atoms with Gasteiger partial charge in [0.05, 0.1) is 0 Å². The van der Waals surface area contributed by atoms with Gasteiger partial charge in [-0.15, -0.1) is 0 Å². The lowest BCUT2D eigenvalue weighted by atomic mass is 10.2. The molecule has 0 saturated heterocycles. The Morgan fingerprint density at radius 1 is 1.67 bits per heavy atom. The number of aryl methyl sites for hydroxylation is 1. The number of rotatable bonds is 3. The molecule has 0 spiro atoms. The van der Waals surface area contributed by atoms with Crippen molar-refractivity contribution >= 4 is 23.2 Å². The number of hydrogen-bond acceptors (Lipinski definition) is 3. The van der Waals surface area contributed by atoms with Crippen molar-refractivity contribution < 1.29 is 9.90 Å². The fraction of sp³-hybridized carbons (Fsp3) is 0.300. The molecule has 0 aliphatic rings. The van der Waals surface area contributed by atoms with Crippen molar-refractivity contribution in [3.05, 3.63) is 28.8 Å². The summed E-state index contributed by atoms with van der Waals surface area (Å²) >= 11 is 5.78. The van der Waals surface area contributed by atoms with E-state index in [4.69, 9.17) is 17.3 Å². The van der Waals surface area contributed by atoms with E-state index in [0.29, 0.717) is 10.7 Å². The predicted molar refractivity (Wildman–Crippen MR) is 59.9 cm³/mol. The molecule has 1 atom stereocenters. The third-order valence-corrected chi connectivity index (χ3v) is 2.22. The first-order valence-corrected chi connectivity index (χ1v) is 4.87. The van der Waals surface area contributed by atoms with Gasteiger partial charge >= 0.3 is 0 Å². The monoisotopic (exact) mass is 228 g/mol. The molecule has 4 N–H and O–H groups in total. The van der Waals surface area contributed by atoms with Crippen molar-refractivity contribution in [3.63, 3.8) is 0 Å². The van der Waals surface area contributed by atoms with Crippen LogP contribution in [-0.4, -0.2) is 23.7 Å². The highest BCUT2D eigenvalue weighted by Gasteiger charge is 2.13. The number of carbonyl (C=O) groups excluding carboxylic acids is 1. The van der Waals surface area contributed by atoms with Crippen LogP contribution in [0.2, 0.25) is 5.02 Å². The molecule has 0 heterocycles. The van der Waals surface area contributed by atoms with Crippen LogP contribution in [-0.2, 0) is 4.79 Å². The fourth-order valence-corrected chi connectivity index (χ4v) is 1.22. The van der Waals surface area contributed by atoms with Crippen molar-refractivity contribution in [2.45, 2.75) is 13.0 Å². The number of halogens is 1. The van der Waals surface area contributed by atoms with E-state index in [0.717, 1.165) is 5.56 Å². The summed E-state index contributed by atoms with van der Waals surface area (Å²) in [7, 11) is 0. The van der Waals surface area contributed by atoms with Crippen molar-refractivity contribution in [3.8, 4) is 0 Å². The maximum atomic E-state index is 11.3. The van der Waals surface area contributed by atoms with Gasteiger partial charge in [0.1, 0.15) is 6.10 Å². The Labute approximate surface area is 93.0 Å². The molecular weight excluding hydrogens is 216 g/mol. The molecule has 1 unspecified atom stereocenters. The number of aliphatic hydroxyl groups excluding tert-OH is 1. The van der Waals surface area contributed by atoms with Crippen LogP contribution < -0.4 is 11.1 Å². The minimum absolute atomic E-state index is 0.106. The Morgan fingerprint density at radius 3 is 2.93 bits per heavy atom. The SMILES string of the molecule is Cc1ccc(Cl)cc1NC(=O)C(O)CN. The largest absolute Gasteiger partial charge is 0.382 e. The Hall–Kier alpha value is -1.10. The number of benzene rings is 1. The van der Waals surface area contributed by atoms with E-state index in [1.54, 1.807) is 18.2 Å². The highest BCUT2D eigenvalue weighted by Crippen LogP contribution is 2.20. The Kier molecular flexibility index (Phi) is 4.08. The average Bonchev–Trinajstić information content (AvgIpc) is 2.22. The number of carbonyl (C=O) groups is 1. The number of amides is 1. The van der Waals surface area contributed by atoms with Gasteiger partial charge in [-0.25, -0.2) is 0 Å². The minimum atomic E-state index is -1.19. The third kappa shape index (κ3) is 3.20. The molecule has 0 aliphatic heterocycles. The van der Waals surface area contributed by atoms with Gasteiger partial charge in [-0.2, -0.15) is 0 Å². The van der Waals surface area contributed by atoms with Crippen molar-refractivity contribution in [2.75, 3.05) is 11.9 Å². The smallest absolute Gasteiger partial charge is 0.254 e. The molecule has 82 valence electrons. The molecule has 0 bridgehead atoms. The molecule has 15 heavy (non-hydrogen) atoms. The summed E-state index contributed by atoms with van der Waals surface area (Å²) in [5.74, 6) is -0.525. The highest BCUT2D eigenvalue weighted by atomic mass is 35.5. The molecule has 5 heteroatoms. The van der Waals surface area contributed by atoms with Gasteiger partial charge in [-0.3, -0.25) is 4.79 Å². The van der Waals surface area contributed by atoms with Gasteiger partial charge in [0.2, 0.25) is 0 Å². The molecule has 0 aliphatic carbocycles. The number of hydrogen-bond donors (Lipinski definition) is 3. The Morgan fingerprint density at radius 2 is 2.33 bits per heavy atom. The van der Waals surface area contributed by atoms with Gasteiger partial charge < -0.3 is 16.2 Å². The highest BCUT2D eigenvalue weighted by molar-refractivity contribution is 6.31. The molecule has 1 aromatic carbocycles. The van der Waals surface area contributed by atoms with Crippen molar-refractivity contribution in [1.29, 1.82) is 0 Å². The maximum absolute atomic E-state index is 11.3. The summed E-state index contributed by atoms with van der Waals surface area (Å²) in [6.07, 6.45) is -1.19. The van der Waals surface area contributed by atoms with Crippen LogP contribution in [0.1, 0.15) is 5.56 Å². The maximum Gasteiger partial charge on any atom is 0.254 e. The van der Waals surface area contributed by atoms with Gasteiger partial charge in [0.15, 0.2) is 0 Å². The Balaban J connectivity index is 2.80. The topological polar surface area (TPSA) is 75.3 Å². The molecule has 0 saturated carbocycles. The standard InChI is InChI=1S/C10H13ClN2O2/c1-6-2-3-7(11)4-8(6)13-10(15)9(14)5-12/h2-4,9,14H,5,12H2,1H3,(H,13,15). The lowest BCUT2D eigenvalue weighted by molar-refractivity contribution is -0.123. The number of nitrogens with one attached hydrogen (secondary N) is 1. The van der Waals surface area contributed by atoms with E-state index in [9.17, 15) is 9.90 Å². The van der Waals surface area contributed by atoms with Crippen LogP contribution in [0.5, 0.6) is 0 Å². The third-order valence-electron chi connectivity index (χ3n) is 1.98. The first kappa shape index (κ1) is 12.0. The lowest BCUT2D eigenvalue weighted by Gasteiger charge is -2.11. The van der Waals surface area contributed by atoms with Gasteiger partial charge in [-0.1, -0.05) is 17.7 Å². The average molecular weight is 229 g/mol. The normalized spacial score (nSPS) is 12.3. The van der Waals surface area contributed by atoms with Crippen molar-refractivity contribution in [2.24, 2.45) is 5.73 Å². The van der Waals surface area contributed by atoms with Crippen LogP contribution in [0.15, 0.2) is 18.2 Å².